The molecule has 3 N–H and O–H groups in total. The third-order valence-corrected chi connectivity index (χ3v) is 3.59. The molecule has 1 atom stereocenters. The van der Waals surface area contributed by atoms with E-state index in [2.05, 4.69) is 5.32 Å². The number of ether oxygens (including phenoxy) is 1. The molecule has 0 aromatic carbocycles. The number of amides is 1. The second-order valence-electron chi connectivity index (χ2n) is 5.11. The Morgan fingerprint density at radius 1 is 1.47 bits per heavy atom. The third kappa shape index (κ3) is 4.64. The molecule has 1 unspecified atom stereocenters. The van der Waals surface area contributed by atoms with Crippen LogP contribution in [-0.2, 0) is 9.53 Å². The molecule has 100 valence electrons. The minimum Gasteiger partial charge on any atom is -0.378 e. The number of carbonyl (C=O) groups is 1. The summed E-state index contributed by atoms with van der Waals surface area (Å²) in [6.45, 7) is 5.44. The number of nitrogens with two attached hydrogens (primary N) is 1. The topological polar surface area (TPSA) is 64.3 Å². The largest absolute Gasteiger partial charge is 0.378 e. The first-order valence-electron chi connectivity index (χ1n) is 6.75. The van der Waals surface area contributed by atoms with Crippen molar-refractivity contribution in [2.45, 2.75) is 64.0 Å². The zero-order chi connectivity index (χ0) is 12.7. The van der Waals surface area contributed by atoms with Crippen LogP contribution in [0, 0.1) is 0 Å². The van der Waals surface area contributed by atoms with Gasteiger partial charge in [0.25, 0.3) is 0 Å². The Kier molecular flexibility index (Phi) is 5.92. The van der Waals surface area contributed by atoms with Crippen molar-refractivity contribution in [3.05, 3.63) is 0 Å². The summed E-state index contributed by atoms with van der Waals surface area (Å²) >= 11 is 0. The average Bonchev–Trinajstić information content (AvgIpc) is 2.20. The second kappa shape index (κ2) is 6.97. The second-order valence-corrected chi connectivity index (χ2v) is 5.11. The number of carbonyl (C=O) groups excluding carboxylic acids is 1. The van der Waals surface area contributed by atoms with E-state index in [1.54, 1.807) is 0 Å². The first-order valence-corrected chi connectivity index (χ1v) is 6.75. The average molecular weight is 242 g/mol. The fourth-order valence-corrected chi connectivity index (χ4v) is 2.06. The number of likely N-dealkylation sites (N-methyl/N-ethyl adjacent to an activating group) is 1. The highest BCUT2D eigenvalue weighted by atomic mass is 16.5. The molecule has 1 rings (SSSR count). The minimum absolute atomic E-state index is 0.265. The van der Waals surface area contributed by atoms with Gasteiger partial charge in [0.15, 0.2) is 0 Å². The number of rotatable bonds is 9. The molecule has 0 aliphatic heterocycles. The number of primary amides is 1. The van der Waals surface area contributed by atoms with Crippen LogP contribution < -0.4 is 11.1 Å². The lowest BCUT2D eigenvalue weighted by Crippen LogP contribution is -2.53. The number of unbranched alkanes of at least 4 members (excludes halogenated alkanes) is 1. The SMILES string of the molecule is CCNC(C)(CCCCOC1CCC1)C(N)=O. The van der Waals surface area contributed by atoms with Gasteiger partial charge in [-0.25, -0.2) is 0 Å². The fraction of sp³-hybridized carbons (Fsp3) is 0.923. The number of hydrogen-bond donors (Lipinski definition) is 2. The van der Waals surface area contributed by atoms with Crippen molar-refractivity contribution in [1.82, 2.24) is 5.32 Å². The standard InChI is InChI=1S/C13H26N2O2/c1-3-15-13(2,12(14)16)9-4-5-10-17-11-7-6-8-11/h11,15H,3-10H2,1-2H3,(H2,14,16). The summed E-state index contributed by atoms with van der Waals surface area (Å²) in [7, 11) is 0. The van der Waals surface area contributed by atoms with Crippen LogP contribution in [-0.4, -0.2) is 30.7 Å². The van der Waals surface area contributed by atoms with Crippen molar-refractivity contribution in [2.24, 2.45) is 5.73 Å². The van der Waals surface area contributed by atoms with Crippen molar-refractivity contribution in [3.8, 4) is 0 Å². The lowest BCUT2D eigenvalue weighted by atomic mass is 9.94. The summed E-state index contributed by atoms with van der Waals surface area (Å²) < 4.78 is 5.68. The van der Waals surface area contributed by atoms with E-state index in [0.717, 1.165) is 32.4 Å². The molecule has 0 aromatic heterocycles. The normalized spacial score (nSPS) is 19.6. The Labute approximate surface area is 104 Å². The first kappa shape index (κ1) is 14.5. The lowest BCUT2D eigenvalue weighted by Gasteiger charge is -2.28. The van der Waals surface area contributed by atoms with Crippen LogP contribution in [0.3, 0.4) is 0 Å². The molecule has 0 saturated heterocycles. The molecule has 4 heteroatoms. The zero-order valence-corrected chi connectivity index (χ0v) is 11.1. The van der Waals surface area contributed by atoms with E-state index in [1.807, 2.05) is 13.8 Å². The smallest absolute Gasteiger partial charge is 0.237 e. The van der Waals surface area contributed by atoms with Crippen LogP contribution in [0.25, 0.3) is 0 Å². The summed E-state index contributed by atoms with van der Waals surface area (Å²) in [6.07, 6.45) is 7.01. The summed E-state index contributed by atoms with van der Waals surface area (Å²) in [4.78, 5) is 11.4. The van der Waals surface area contributed by atoms with Gasteiger partial charge in [-0.2, -0.15) is 0 Å². The number of nitrogens with one attached hydrogen (secondary N) is 1. The molecular weight excluding hydrogens is 216 g/mol. The van der Waals surface area contributed by atoms with E-state index in [-0.39, 0.29) is 5.91 Å². The van der Waals surface area contributed by atoms with E-state index in [0.29, 0.717) is 6.10 Å². The van der Waals surface area contributed by atoms with E-state index < -0.39 is 5.54 Å². The van der Waals surface area contributed by atoms with Crippen molar-refractivity contribution < 1.29 is 9.53 Å². The Balaban J connectivity index is 2.11. The van der Waals surface area contributed by atoms with Crippen LogP contribution in [0.5, 0.6) is 0 Å². The van der Waals surface area contributed by atoms with Gasteiger partial charge in [0, 0.05) is 6.61 Å². The van der Waals surface area contributed by atoms with Crippen molar-refractivity contribution >= 4 is 5.91 Å². The quantitative estimate of drug-likeness (QED) is 0.603. The molecule has 1 saturated carbocycles. The van der Waals surface area contributed by atoms with Gasteiger partial charge in [-0.3, -0.25) is 4.79 Å². The van der Waals surface area contributed by atoms with Gasteiger partial charge in [-0.1, -0.05) is 6.92 Å². The molecule has 0 bridgehead atoms. The summed E-state index contributed by atoms with van der Waals surface area (Å²) in [5.41, 5.74) is 4.85. The summed E-state index contributed by atoms with van der Waals surface area (Å²) in [6, 6.07) is 0. The summed E-state index contributed by atoms with van der Waals surface area (Å²) in [5.74, 6) is -0.265. The molecular formula is C13H26N2O2. The maximum atomic E-state index is 11.4. The molecule has 1 fully saturated rings. The maximum Gasteiger partial charge on any atom is 0.237 e. The summed E-state index contributed by atoms with van der Waals surface area (Å²) in [5, 5.41) is 3.17. The van der Waals surface area contributed by atoms with E-state index in [9.17, 15) is 4.79 Å². The molecule has 4 nitrogen and oxygen atoms in total. The Hall–Kier alpha value is -0.610. The lowest BCUT2D eigenvalue weighted by molar-refractivity contribution is -0.124. The monoisotopic (exact) mass is 242 g/mol. The maximum absolute atomic E-state index is 11.4. The molecule has 0 spiro atoms. The van der Waals surface area contributed by atoms with Gasteiger partial charge in [-0.15, -0.1) is 0 Å². The molecule has 1 amide bonds. The molecule has 0 aromatic rings. The van der Waals surface area contributed by atoms with Crippen LogP contribution in [0.2, 0.25) is 0 Å². The molecule has 0 heterocycles. The highest BCUT2D eigenvalue weighted by molar-refractivity contribution is 5.84. The predicted molar refractivity (Wildman–Crippen MR) is 68.7 cm³/mol. The van der Waals surface area contributed by atoms with Crippen LogP contribution in [0.1, 0.15) is 52.4 Å². The zero-order valence-electron chi connectivity index (χ0n) is 11.1. The van der Waals surface area contributed by atoms with E-state index in [1.165, 1.54) is 19.3 Å². The minimum atomic E-state index is -0.564. The Morgan fingerprint density at radius 3 is 2.65 bits per heavy atom. The van der Waals surface area contributed by atoms with Crippen LogP contribution in [0.15, 0.2) is 0 Å². The highest BCUT2D eigenvalue weighted by Gasteiger charge is 2.28. The first-order chi connectivity index (χ1) is 8.08. The van der Waals surface area contributed by atoms with Gasteiger partial charge < -0.3 is 15.8 Å². The van der Waals surface area contributed by atoms with E-state index >= 15 is 0 Å². The molecule has 1 aliphatic carbocycles. The van der Waals surface area contributed by atoms with Crippen molar-refractivity contribution in [1.29, 1.82) is 0 Å². The number of hydrogen-bond acceptors (Lipinski definition) is 3. The van der Waals surface area contributed by atoms with Crippen molar-refractivity contribution in [2.75, 3.05) is 13.2 Å². The van der Waals surface area contributed by atoms with Crippen LogP contribution >= 0.6 is 0 Å². The Bertz CT molecular complexity index is 242. The van der Waals surface area contributed by atoms with Gasteiger partial charge >= 0.3 is 0 Å². The van der Waals surface area contributed by atoms with Gasteiger partial charge in [-0.05, 0) is 52.0 Å². The van der Waals surface area contributed by atoms with Gasteiger partial charge in [0.1, 0.15) is 0 Å². The predicted octanol–water partition coefficient (Wildman–Crippen LogP) is 1.58. The van der Waals surface area contributed by atoms with Gasteiger partial charge in [0.2, 0.25) is 5.91 Å². The molecule has 17 heavy (non-hydrogen) atoms. The van der Waals surface area contributed by atoms with Crippen LogP contribution in [0.4, 0.5) is 0 Å². The van der Waals surface area contributed by atoms with E-state index in [4.69, 9.17) is 10.5 Å². The molecule has 1 aliphatic rings. The molecule has 0 radical (unpaired) electrons. The van der Waals surface area contributed by atoms with Gasteiger partial charge in [0.05, 0.1) is 11.6 Å². The Morgan fingerprint density at radius 2 is 2.18 bits per heavy atom. The third-order valence-electron chi connectivity index (χ3n) is 3.59. The fourth-order valence-electron chi connectivity index (χ4n) is 2.06. The highest BCUT2D eigenvalue weighted by Crippen LogP contribution is 2.22. The van der Waals surface area contributed by atoms with Crippen molar-refractivity contribution in [3.63, 3.8) is 0 Å².